The van der Waals surface area contributed by atoms with Crippen LogP contribution in [-0.2, 0) is 0 Å². The Morgan fingerprint density at radius 3 is 2.71 bits per heavy atom. The van der Waals surface area contributed by atoms with E-state index in [2.05, 4.69) is 10.6 Å². The molecule has 0 aromatic heterocycles. The number of hydrogen-bond acceptors (Lipinski definition) is 2. The van der Waals surface area contributed by atoms with Crippen molar-refractivity contribution in [1.29, 1.82) is 0 Å². The fourth-order valence-corrected chi connectivity index (χ4v) is 2.06. The zero-order valence-corrected chi connectivity index (χ0v) is 12.7. The van der Waals surface area contributed by atoms with E-state index in [1.165, 1.54) is 18.2 Å². The van der Waals surface area contributed by atoms with Gasteiger partial charge in [-0.1, -0.05) is 23.7 Å². The van der Waals surface area contributed by atoms with Crippen LogP contribution in [0.4, 0.5) is 10.1 Å². The van der Waals surface area contributed by atoms with E-state index in [1.54, 1.807) is 12.1 Å². The molecule has 0 saturated heterocycles. The van der Waals surface area contributed by atoms with Crippen molar-refractivity contribution in [2.24, 2.45) is 0 Å². The predicted molar refractivity (Wildman–Crippen MR) is 86.3 cm³/mol. The molecule has 2 rings (SSSR count). The van der Waals surface area contributed by atoms with Gasteiger partial charge in [0.2, 0.25) is 0 Å². The molecule has 1 amide bonds. The topological polar surface area (TPSA) is 41.1 Å². The molecule has 2 aromatic rings. The Kier molecular flexibility index (Phi) is 4.88. The van der Waals surface area contributed by atoms with Crippen molar-refractivity contribution in [2.45, 2.75) is 6.92 Å². The van der Waals surface area contributed by atoms with Gasteiger partial charge in [-0.2, -0.15) is 0 Å². The lowest BCUT2D eigenvalue weighted by Crippen LogP contribution is -2.34. The van der Waals surface area contributed by atoms with Gasteiger partial charge in [-0.05, 0) is 55.0 Å². The maximum absolute atomic E-state index is 13.1. The van der Waals surface area contributed by atoms with Gasteiger partial charge in [0.1, 0.15) is 5.82 Å². The lowest BCUT2D eigenvalue weighted by molar-refractivity contribution is 0.0977. The van der Waals surface area contributed by atoms with Gasteiger partial charge < -0.3 is 5.32 Å². The molecular formula is C15H12ClFN2OS. The van der Waals surface area contributed by atoms with Crippen LogP contribution in [0.3, 0.4) is 0 Å². The summed E-state index contributed by atoms with van der Waals surface area (Å²) in [6.45, 7) is 1.88. The average molecular weight is 323 g/mol. The highest BCUT2D eigenvalue weighted by Gasteiger charge is 2.09. The molecule has 2 aromatic carbocycles. The molecule has 0 saturated carbocycles. The lowest BCUT2D eigenvalue weighted by Gasteiger charge is -2.12. The SMILES string of the molecule is Cc1ccc(Cl)cc1NC(=S)NC(=O)c1cccc(F)c1. The molecular weight excluding hydrogens is 311 g/mol. The van der Waals surface area contributed by atoms with Crippen molar-refractivity contribution in [3.8, 4) is 0 Å². The number of rotatable bonds is 2. The van der Waals surface area contributed by atoms with Crippen molar-refractivity contribution in [2.75, 3.05) is 5.32 Å². The molecule has 0 aliphatic heterocycles. The van der Waals surface area contributed by atoms with Crippen molar-refractivity contribution < 1.29 is 9.18 Å². The number of nitrogens with one attached hydrogen (secondary N) is 2. The number of halogens is 2. The van der Waals surface area contributed by atoms with Crippen molar-refractivity contribution in [3.63, 3.8) is 0 Å². The summed E-state index contributed by atoms with van der Waals surface area (Å²) < 4.78 is 13.1. The Hall–Kier alpha value is -1.98. The molecule has 3 nitrogen and oxygen atoms in total. The van der Waals surface area contributed by atoms with Crippen LogP contribution < -0.4 is 10.6 Å². The van der Waals surface area contributed by atoms with Crippen LogP contribution in [0.2, 0.25) is 5.02 Å². The van der Waals surface area contributed by atoms with Gasteiger partial charge in [0, 0.05) is 16.3 Å². The molecule has 0 aliphatic rings. The Morgan fingerprint density at radius 2 is 2.00 bits per heavy atom. The molecule has 2 N–H and O–H groups in total. The number of carbonyl (C=O) groups excluding carboxylic acids is 1. The number of aryl methyl sites for hydroxylation is 1. The molecule has 108 valence electrons. The Balaban J connectivity index is 2.05. The van der Waals surface area contributed by atoms with Crippen LogP contribution in [0.15, 0.2) is 42.5 Å². The highest BCUT2D eigenvalue weighted by molar-refractivity contribution is 7.80. The summed E-state index contributed by atoms with van der Waals surface area (Å²) in [4.78, 5) is 11.9. The molecule has 0 heterocycles. The zero-order chi connectivity index (χ0) is 15.4. The summed E-state index contributed by atoms with van der Waals surface area (Å²) in [6, 6.07) is 10.7. The first-order valence-electron chi connectivity index (χ1n) is 6.10. The van der Waals surface area contributed by atoms with E-state index in [1.807, 2.05) is 13.0 Å². The monoisotopic (exact) mass is 322 g/mol. The minimum atomic E-state index is -0.480. The number of carbonyl (C=O) groups is 1. The van der Waals surface area contributed by atoms with E-state index in [-0.39, 0.29) is 10.7 Å². The molecule has 0 spiro atoms. The Bertz CT molecular complexity index is 706. The fourth-order valence-electron chi connectivity index (χ4n) is 1.69. The molecule has 0 radical (unpaired) electrons. The maximum atomic E-state index is 13.1. The molecule has 21 heavy (non-hydrogen) atoms. The van der Waals surface area contributed by atoms with Gasteiger partial charge in [-0.3, -0.25) is 10.1 Å². The number of anilines is 1. The van der Waals surface area contributed by atoms with Crippen LogP contribution in [0.25, 0.3) is 0 Å². The minimum absolute atomic E-state index is 0.120. The van der Waals surface area contributed by atoms with Crippen molar-refractivity contribution in [3.05, 3.63) is 64.4 Å². The summed E-state index contributed by atoms with van der Waals surface area (Å²) in [5.41, 5.74) is 1.83. The fraction of sp³-hybridized carbons (Fsp3) is 0.0667. The van der Waals surface area contributed by atoms with Crippen molar-refractivity contribution in [1.82, 2.24) is 5.32 Å². The average Bonchev–Trinajstić information content (AvgIpc) is 2.42. The number of amides is 1. The summed E-state index contributed by atoms with van der Waals surface area (Å²) >= 11 is 11.0. The van der Waals surface area contributed by atoms with Gasteiger partial charge >= 0.3 is 0 Å². The second-order valence-corrected chi connectivity index (χ2v) is 5.22. The second-order valence-electron chi connectivity index (χ2n) is 4.38. The highest BCUT2D eigenvalue weighted by Crippen LogP contribution is 2.20. The standard InChI is InChI=1S/C15H12ClFN2OS/c1-9-5-6-11(16)8-13(9)18-15(21)19-14(20)10-3-2-4-12(17)7-10/h2-8H,1H3,(H2,18,19,20,21). The van der Waals surface area contributed by atoms with Gasteiger partial charge in [0.05, 0.1) is 0 Å². The summed E-state index contributed by atoms with van der Waals surface area (Å²) in [5.74, 6) is -0.959. The first kappa shape index (κ1) is 15.4. The third-order valence-corrected chi connectivity index (χ3v) is 3.20. The number of benzene rings is 2. The zero-order valence-electron chi connectivity index (χ0n) is 11.1. The number of thiocarbonyl (C=S) groups is 1. The summed E-state index contributed by atoms with van der Waals surface area (Å²) in [5, 5.41) is 6.06. The normalized spacial score (nSPS) is 10.0. The molecule has 0 bridgehead atoms. The second kappa shape index (κ2) is 6.65. The molecule has 0 atom stereocenters. The maximum Gasteiger partial charge on any atom is 0.257 e. The largest absolute Gasteiger partial charge is 0.332 e. The van der Waals surface area contributed by atoms with Crippen LogP contribution in [0.5, 0.6) is 0 Å². The van der Waals surface area contributed by atoms with E-state index in [0.717, 1.165) is 11.6 Å². The van der Waals surface area contributed by atoms with Crippen molar-refractivity contribution >= 4 is 40.5 Å². The molecule has 0 fully saturated rings. The number of hydrogen-bond donors (Lipinski definition) is 2. The molecule has 0 aliphatic carbocycles. The van der Waals surface area contributed by atoms with Crippen LogP contribution in [0, 0.1) is 12.7 Å². The molecule has 6 heteroatoms. The third kappa shape index (κ3) is 4.24. The highest BCUT2D eigenvalue weighted by atomic mass is 35.5. The first-order chi connectivity index (χ1) is 9.95. The van der Waals surface area contributed by atoms with Crippen LogP contribution >= 0.6 is 23.8 Å². The lowest BCUT2D eigenvalue weighted by atomic mass is 10.2. The van der Waals surface area contributed by atoms with Gasteiger partial charge in [0.15, 0.2) is 5.11 Å². The third-order valence-electron chi connectivity index (χ3n) is 2.76. The van der Waals surface area contributed by atoms with E-state index >= 15 is 0 Å². The van der Waals surface area contributed by atoms with E-state index in [0.29, 0.717) is 10.7 Å². The van der Waals surface area contributed by atoms with Crippen LogP contribution in [0.1, 0.15) is 15.9 Å². The quantitative estimate of drug-likeness (QED) is 0.824. The summed E-state index contributed by atoms with van der Waals surface area (Å²) in [7, 11) is 0. The Labute approximate surface area is 132 Å². The van der Waals surface area contributed by atoms with E-state index < -0.39 is 11.7 Å². The molecule has 0 unspecified atom stereocenters. The van der Waals surface area contributed by atoms with Gasteiger partial charge in [0.25, 0.3) is 5.91 Å². The first-order valence-corrected chi connectivity index (χ1v) is 6.88. The van der Waals surface area contributed by atoms with Gasteiger partial charge in [-0.25, -0.2) is 4.39 Å². The Morgan fingerprint density at radius 1 is 1.24 bits per heavy atom. The minimum Gasteiger partial charge on any atom is -0.332 e. The van der Waals surface area contributed by atoms with E-state index in [9.17, 15) is 9.18 Å². The van der Waals surface area contributed by atoms with Crippen LogP contribution in [-0.4, -0.2) is 11.0 Å². The van der Waals surface area contributed by atoms with E-state index in [4.69, 9.17) is 23.8 Å². The predicted octanol–water partition coefficient (Wildman–Crippen LogP) is 3.91. The van der Waals surface area contributed by atoms with Gasteiger partial charge in [-0.15, -0.1) is 0 Å². The summed E-state index contributed by atoms with van der Waals surface area (Å²) in [6.07, 6.45) is 0. The smallest absolute Gasteiger partial charge is 0.257 e.